The van der Waals surface area contributed by atoms with Gasteiger partial charge in [0.05, 0.1) is 0 Å². The summed E-state index contributed by atoms with van der Waals surface area (Å²) in [6.07, 6.45) is 7.70. The SMILES string of the molecule is CC(C)CNCC1CCCN(CCc2cccnc2)C1. The highest BCUT2D eigenvalue weighted by Crippen LogP contribution is 2.16. The van der Waals surface area contributed by atoms with Gasteiger partial charge < -0.3 is 10.2 Å². The van der Waals surface area contributed by atoms with E-state index < -0.39 is 0 Å². The average molecular weight is 275 g/mol. The lowest BCUT2D eigenvalue weighted by molar-refractivity contribution is 0.173. The van der Waals surface area contributed by atoms with E-state index in [-0.39, 0.29) is 0 Å². The molecular weight excluding hydrogens is 246 g/mol. The van der Waals surface area contributed by atoms with Crippen molar-refractivity contribution in [2.24, 2.45) is 11.8 Å². The van der Waals surface area contributed by atoms with Crippen molar-refractivity contribution >= 4 is 0 Å². The number of nitrogens with one attached hydrogen (secondary N) is 1. The van der Waals surface area contributed by atoms with Gasteiger partial charge in [-0.1, -0.05) is 19.9 Å². The standard InChI is InChI=1S/C17H29N3/c1-15(2)11-19-13-17-6-4-9-20(14-17)10-7-16-5-3-8-18-12-16/h3,5,8,12,15,17,19H,4,6-7,9-11,13-14H2,1-2H3. The highest BCUT2D eigenvalue weighted by Gasteiger charge is 2.19. The minimum Gasteiger partial charge on any atom is -0.316 e. The zero-order valence-corrected chi connectivity index (χ0v) is 13.0. The molecule has 0 aliphatic carbocycles. The molecule has 3 nitrogen and oxygen atoms in total. The summed E-state index contributed by atoms with van der Waals surface area (Å²) in [6.45, 7) is 10.6. The molecule has 0 bridgehead atoms. The number of nitrogens with zero attached hydrogens (tertiary/aromatic N) is 2. The van der Waals surface area contributed by atoms with E-state index >= 15 is 0 Å². The topological polar surface area (TPSA) is 28.2 Å². The zero-order chi connectivity index (χ0) is 14.2. The first kappa shape index (κ1) is 15.5. The van der Waals surface area contributed by atoms with Crippen LogP contribution in [0.15, 0.2) is 24.5 Å². The van der Waals surface area contributed by atoms with Gasteiger partial charge in [-0.05, 0) is 62.4 Å². The molecule has 2 rings (SSSR count). The van der Waals surface area contributed by atoms with Gasteiger partial charge in [0.2, 0.25) is 0 Å². The van der Waals surface area contributed by atoms with Crippen molar-refractivity contribution in [3.05, 3.63) is 30.1 Å². The fourth-order valence-electron chi connectivity index (χ4n) is 2.93. The first-order valence-corrected chi connectivity index (χ1v) is 8.06. The lowest BCUT2D eigenvalue weighted by Gasteiger charge is -2.33. The fourth-order valence-corrected chi connectivity index (χ4v) is 2.93. The number of hydrogen-bond acceptors (Lipinski definition) is 3. The van der Waals surface area contributed by atoms with E-state index in [0.717, 1.165) is 24.8 Å². The van der Waals surface area contributed by atoms with Gasteiger partial charge in [-0.3, -0.25) is 4.98 Å². The number of rotatable bonds is 7. The summed E-state index contributed by atoms with van der Waals surface area (Å²) in [6, 6.07) is 4.21. The van der Waals surface area contributed by atoms with E-state index in [0.29, 0.717) is 0 Å². The zero-order valence-electron chi connectivity index (χ0n) is 13.0. The smallest absolute Gasteiger partial charge is 0.0300 e. The molecule has 1 saturated heterocycles. The molecule has 112 valence electrons. The van der Waals surface area contributed by atoms with Crippen LogP contribution in [-0.2, 0) is 6.42 Å². The van der Waals surface area contributed by atoms with Crippen molar-refractivity contribution in [2.45, 2.75) is 33.1 Å². The largest absolute Gasteiger partial charge is 0.316 e. The molecule has 1 fully saturated rings. The molecule has 0 aromatic carbocycles. The van der Waals surface area contributed by atoms with Crippen LogP contribution in [0.25, 0.3) is 0 Å². The Labute approximate surface area is 123 Å². The third-order valence-corrected chi connectivity index (χ3v) is 4.03. The summed E-state index contributed by atoms with van der Waals surface area (Å²) in [4.78, 5) is 6.82. The van der Waals surface area contributed by atoms with Gasteiger partial charge in [-0.2, -0.15) is 0 Å². The molecule has 1 aliphatic heterocycles. The summed E-state index contributed by atoms with van der Waals surface area (Å²) >= 11 is 0. The molecule has 20 heavy (non-hydrogen) atoms. The second kappa shape index (κ2) is 8.38. The summed E-state index contributed by atoms with van der Waals surface area (Å²) < 4.78 is 0. The summed E-state index contributed by atoms with van der Waals surface area (Å²) in [5.74, 6) is 1.58. The van der Waals surface area contributed by atoms with Gasteiger partial charge in [0.25, 0.3) is 0 Å². The number of hydrogen-bond donors (Lipinski definition) is 1. The first-order valence-electron chi connectivity index (χ1n) is 8.06. The Morgan fingerprint density at radius 3 is 3.10 bits per heavy atom. The summed E-state index contributed by atoms with van der Waals surface area (Å²) in [5, 5.41) is 3.61. The van der Waals surface area contributed by atoms with E-state index in [2.05, 4.69) is 35.1 Å². The minimum atomic E-state index is 0.750. The predicted octanol–water partition coefficient (Wildman–Crippen LogP) is 2.58. The molecule has 3 heteroatoms. The van der Waals surface area contributed by atoms with Crippen molar-refractivity contribution in [1.82, 2.24) is 15.2 Å². The van der Waals surface area contributed by atoms with E-state index in [9.17, 15) is 0 Å². The van der Waals surface area contributed by atoms with Crippen LogP contribution in [0.3, 0.4) is 0 Å². The van der Waals surface area contributed by atoms with Crippen molar-refractivity contribution in [3.8, 4) is 0 Å². The quantitative estimate of drug-likeness (QED) is 0.829. The van der Waals surface area contributed by atoms with E-state index in [4.69, 9.17) is 0 Å². The molecule has 0 saturated carbocycles. The van der Waals surface area contributed by atoms with Gasteiger partial charge >= 0.3 is 0 Å². The number of piperidine rings is 1. The maximum absolute atomic E-state index is 4.19. The highest BCUT2D eigenvalue weighted by atomic mass is 15.1. The molecule has 1 atom stereocenters. The van der Waals surface area contributed by atoms with Crippen LogP contribution in [0.1, 0.15) is 32.3 Å². The summed E-state index contributed by atoms with van der Waals surface area (Å²) in [7, 11) is 0. The monoisotopic (exact) mass is 275 g/mol. The normalized spacial score (nSPS) is 20.4. The van der Waals surface area contributed by atoms with Gasteiger partial charge in [0, 0.05) is 25.5 Å². The second-order valence-corrected chi connectivity index (χ2v) is 6.47. The minimum absolute atomic E-state index is 0.750. The fraction of sp³-hybridized carbons (Fsp3) is 0.706. The lowest BCUT2D eigenvalue weighted by atomic mass is 9.97. The van der Waals surface area contributed by atoms with Crippen LogP contribution >= 0.6 is 0 Å². The van der Waals surface area contributed by atoms with E-state index in [1.54, 1.807) is 0 Å². The Bertz CT molecular complexity index is 364. The number of pyridine rings is 1. The van der Waals surface area contributed by atoms with Gasteiger partial charge in [0.1, 0.15) is 0 Å². The molecule has 1 aromatic heterocycles. The molecule has 1 aliphatic rings. The van der Waals surface area contributed by atoms with Crippen molar-refractivity contribution in [2.75, 3.05) is 32.7 Å². The first-order chi connectivity index (χ1) is 9.74. The highest BCUT2D eigenvalue weighted by molar-refractivity contribution is 5.08. The van der Waals surface area contributed by atoms with Crippen molar-refractivity contribution in [3.63, 3.8) is 0 Å². The molecule has 1 unspecified atom stereocenters. The Balaban J connectivity index is 1.68. The number of aromatic nitrogens is 1. The van der Waals surface area contributed by atoms with Crippen LogP contribution in [-0.4, -0.2) is 42.6 Å². The molecule has 2 heterocycles. The van der Waals surface area contributed by atoms with Gasteiger partial charge in [-0.25, -0.2) is 0 Å². The van der Waals surface area contributed by atoms with Gasteiger partial charge in [-0.15, -0.1) is 0 Å². The molecule has 0 amide bonds. The Kier molecular flexibility index (Phi) is 6.48. The maximum Gasteiger partial charge on any atom is 0.0300 e. The Hall–Kier alpha value is -0.930. The van der Waals surface area contributed by atoms with Crippen LogP contribution in [0.4, 0.5) is 0 Å². The van der Waals surface area contributed by atoms with Crippen molar-refractivity contribution in [1.29, 1.82) is 0 Å². The van der Waals surface area contributed by atoms with E-state index in [1.807, 2.05) is 18.5 Å². The van der Waals surface area contributed by atoms with Gasteiger partial charge in [0.15, 0.2) is 0 Å². The molecule has 0 spiro atoms. The third kappa shape index (κ3) is 5.59. The second-order valence-electron chi connectivity index (χ2n) is 6.47. The lowest BCUT2D eigenvalue weighted by Crippen LogP contribution is -2.41. The Morgan fingerprint density at radius 2 is 2.35 bits per heavy atom. The third-order valence-electron chi connectivity index (χ3n) is 4.03. The van der Waals surface area contributed by atoms with E-state index in [1.165, 1.54) is 44.6 Å². The average Bonchev–Trinajstić information content (AvgIpc) is 2.46. The number of likely N-dealkylation sites (tertiary alicyclic amines) is 1. The summed E-state index contributed by atoms with van der Waals surface area (Å²) in [5.41, 5.74) is 1.35. The van der Waals surface area contributed by atoms with Crippen molar-refractivity contribution < 1.29 is 0 Å². The predicted molar refractivity (Wildman–Crippen MR) is 84.8 cm³/mol. The molecule has 0 radical (unpaired) electrons. The van der Waals surface area contributed by atoms with Crippen LogP contribution in [0.2, 0.25) is 0 Å². The van der Waals surface area contributed by atoms with Crippen LogP contribution in [0.5, 0.6) is 0 Å². The van der Waals surface area contributed by atoms with Crippen LogP contribution in [0, 0.1) is 11.8 Å². The maximum atomic E-state index is 4.19. The molecule has 1 N–H and O–H groups in total. The molecule has 1 aromatic rings. The van der Waals surface area contributed by atoms with Crippen LogP contribution < -0.4 is 5.32 Å². The molecular formula is C17H29N3. The Morgan fingerprint density at radius 1 is 1.45 bits per heavy atom.